The highest BCUT2D eigenvalue weighted by Gasteiger charge is 2.88. The van der Waals surface area contributed by atoms with E-state index in [0.717, 1.165) is 5.56 Å². The maximum Gasteiger partial charge on any atom is 0.408 e. The Morgan fingerprint density at radius 1 is 1.06 bits per heavy atom. The number of alkyl carbamates (subject to hydrolysis) is 1. The minimum absolute atomic E-state index is 0.186. The molecule has 0 radical (unpaired) electrons. The summed E-state index contributed by atoms with van der Waals surface area (Å²) in [6, 6.07) is 5.78. The monoisotopic (exact) mass is 489 g/mol. The standard InChI is InChI=1S/C25H35N3O7/c1-7-15-18(27-21(33)26-14-11-9-13(3)10-12-14)16-17(19(29)30)24(16,8-2)25(15,20(31)32)28-22(34)35-23(4,5)6/h9-12,15-18H,7-8H2,1-6H3,(H,28,34)(H,29,30)(H,31,32)(H2,26,27,33). The number of hydrogen-bond acceptors (Lipinski definition) is 5. The summed E-state index contributed by atoms with van der Waals surface area (Å²) in [4.78, 5) is 50.9. The van der Waals surface area contributed by atoms with Gasteiger partial charge >= 0.3 is 24.1 Å². The van der Waals surface area contributed by atoms with Crippen LogP contribution in [0.2, 0.25) is 0 Å². The summed E-state index contributed by atoms with van der Waals surface area (Å²) in [5, 5.41) is 28.7. The van der Waals surface area contributed by atoms with Gasteiger partial charge in [0, 0.05) is 29.0 Å². The van der Waals surface area contributed by atoms with Gasteiger partial charge in [0.25, 0.3) is 0 Å². The molecule has 3 amide bonds. The molecule has 2 fully saturated rings. The number of carbonyl (C=O) groups is 4. The largest absolute Gasteiger partial charge is 0.481 e. The number of nitrogens with one attached hydrogen (secondary N) is 3. The Labute approximate surface area is 204 Å². The molecule has 0 heterocycles. The number of fused-ring (bicyclic) bond motifs is 1. The number of ether oxygens (including phenoxy) is 1. The van der Waals surface area contributed by atoms with Gasteiger partial charge in [-0.15, -0.1) is 0 Å². The van der Waals surface area contributed by atoms with Crippen LogP contribution in [0.25, 0.3) is 0 Å². The number of rotatable bonds is 7. The van der Waals surface area contributed by atoms with E-state index in [0.29, 0.717) is 5.69 Å². The van der Waals surface area contributed by atoms with Crippen molar-refractivity contribution in [3.05, 3.63) is 29.8 Å². The van der Waals surface area contributed by atoms with Gasteiger partial charge in [-0.3, -0.25) is 4.79 Å². The van der Waals surface area contributed by atoms with Crippen molar-refractivity contribution in [1.82, 2.24) is 10.6 Å². The number of carboxylic acids is 2. The van der Waals surface area contributed by atoms with Crippen molar-refractivity contribution in [3.63, 3.8) is 0 Å². The van der Waals surface area contributed by atoms with Gasteiger partial charge in [0.2, 0.25) is 0 Å². The Bertz CT molecular complexity index is 1020. The molecule has 6 atom stereocenters. The molecular formula is C25H35N3O7. The number of benzene rings is 1. The number of urea groups is 1. The van der Waals surface area contributed by atoms with Crippen LogP contribution in [0.4, 0.5) is 15.3 Å². The summed E-state index contributed by atoms with van der Waals surface area (Å²) < 4.78 is 5.36. The van der Waals surface area contributed by atoms with Gasteiger partial charge in [-0.25, -0.2) is 14.4 Å². The molecule has 0 aromatic heterocycles. The fourth-order valence-electron chi connectivity index (χ4n) is 6.27. The third-order valence-electron chi connectivity index (χ3n) is 7.44. The zero-order valence-electron chi connectivity index (χ0n) is 21.0. The van der Waals surface area contributed by atoms with Crippen molar-refractivity contribution < 1.29 is 34.1 Å². The van der Waals surface area contributed by atoms with Gasteiger partial charge in [0.15, 0.2) is 5.54 Å². The third-order valence-corrected chi connectivity index (χ3v) is 7.44. The highest BCUT2D eigenvalue weighted by molar-refractivity contribution is 5.93. The molecule has 192 valence electrons. The fraction of sp³-hybridized carbons (Fsp3) is 0.600. The number of anilines is 1. The first-order valence-electron chi connectivity index (χ1n) is 11.9. The second-order valence-electron chi connectivity index (χ2n) is 10.5. The molecule has 5 N–H and O–H groups in total. The van der Waals surface area contributed by atoms with E-state index in [1.807, 2.05) is 19.1 Å². The van der Waals surface area contributed by atoms with Crippen LogP contribution in [0.3, 0.4) is 0 Å². The van der Waals surface area contributed by atoms with Crippen LogP contribution in [-0.4, -0.2) is 51.5 Å². The summed E-state index contributed by atoms with van der Waals surface area (Å²) in [6.45, 7) is 10.4. The minimum atomic E-state index is -1.94. The van der Waals surface area contributed by atoms with E-state index in [4.69, 9.17) is 4.74 Å². The summed E-state index contributed by atoms with van der Waals surface area (Å²) >= 11 is 0. The molecule has 0 bridgehead atoms. The van der Waals surface area contributed by atoms with E-state index in [-0.39, 0.29) is 12.8 Å². The first-order chi connectivity index (χ1) is 16.2. The first-order valence-corrected chi connectivity index (χ1v) is 11.9. The van der Waals surface area contributed by atoms with E-state index in [1.165, 1.54) is 0 Å². The van der Waals surface area contributed by atoms with Crippen molar-refractivity contribution in [2.75, 3.05) is 5.32 Å². The second-order valence-corrected chi connectivity index (χ2v) is 10.5. The molecule has 2 saturated carbocycles. The van der Waals surface area contributed by atoms with Crippen LogP contribution >= 0.6 is 0 Å². The van der Waals surface area contributed by atoms with Crippen LogP contribution in [0.1, 0.15) is 53.0 Å². The Kier molecular flexibility index (Phi) is 6.80. The van der Waals surface area contributed by atoms with Crippen LogP contribution in [0.15, 0.2) is 24.3 Å². The molecule has 1 aromatic rings. The van der Waals surface area contributed by atoms with Crippen LogP contribution in [0, 0.1) is 30.1 Å². The van der Waals surface area contributed by atoms with Crippen LogP contribution in [-0.2, 0) is 14.3 Å². The van der Waals surface area contributed by atoms with Gasteiger partial charge in [-0.05, 0) is 52.7 Å². The number of hydrogen-bond donors (Lipinski definition) is 5. The molecule has 0 spiro atoms. The summed E-state index contributed by atoms with van der Waals surface area (Å²) in [7, 11) is 0. The van der Waals surface area contributed by atoms with Crippen molar-refractivity contribution >= 4 is 29.8 Å². The predicted octanol–water partition coefficient (Wildman–Crippen LogP) is 3.60. The van der Waals surface area contributed by atoms with Gasteiger partial charge in [0.05, 0.1) is 5.92 Å². The molecule has 6 unspecified atom stereocenters. The van der Waals surface area contributed by atoms with E-state index in [1.54, 1.807) is 46.8 Å². The highest BCUT2D eigenvalue weighted by Crippen LogP contribution is 2.76. The Balaban J connectivity index is 2.00. The van der Waals surface area contributed by atoms with Gasteiger partial charge in [-0.1, -0.05) is 31.5 Å². The Morgan fingerprint density at radius 2 is 1.66 bits per heavy atom. The Morgan fingerprint density at radius 3 is 2.11 bits per heavy atom. The van der Waals surface area contributed by atoms with Crippen LogP contribution < -0.4 is 16.0 Å². The SMILES string of the molecule is CCC1C(NC(=O)Nc2ccc(C)cc2)C2C(C(=O)O)C2(CC)C1(NC(=O)OC(C)(C)C)C(=O)O. The van der Waals surface area contributed by atoms with Crippen molar-refractivity contribution in [1.29, 1.82) is 0 Å². The maximum absolute atomic E-state index is 12.9. The molecule has 2 aliphatic carbocycles. The second kappa shape index (κ2) is 9.05. The lowest BCUT2D eigenvalue weighted by atomic mass is 9.70. The minimum Gasteiger partial charge on any atom is -0.481 e. The summed E-state index contributed by atoms with van der Waals surface area (Å²) in [5.74, 6) is -4.99. The van der Waals surface area contributed by atoms with Crippen molar-refractivity contribution in [2.24, 2.45) is 23.2 Å². The molecule has 10 nitrogen and oxygen atoms in total. The van der Waals surface area contributed by atoms with E-state index in [2.05, 4.69) is 16.0 Å². The van der Waals surface area contributed by atoms with Gasteiger partial charge < -0.3 is 30.9 Å². The third kappa shape index (κ3) is 4.30. The number of carboxylic acid groups (broad SMARTS) is 2. The smallest absolute Gasteiger partial charge is 0.408 e. The lowest BCUT2D eigenvalue weighted by Crippen LogP contribution is -2.66. The Hall–Kier alpha value is -3.30. The number of aryl methyl sites for hydroxylation is 1. The summed E-state index contributed by atoms with van der Waals surface area (Å²) in [5.41, 5.74) is -2.54. The summed E-state index contributed by atoms with van der Waals surface area (Å²) in [6.07, 6.45) is -0.474. The van der Waals surface area contributed by atoms with Gasteiger partial charge in [0.1, 0.15) is 5.60 Å². The topological polar surface area (TPSA) is 154 Å². The fourth-order valence-corrected chi connectivity index (χ4v) is 6.27. The quantitative estimate of drug-likeness (QED) is 0.392. The zero-order chi connectivity index (χ0) is 26.3. The highest BCUT2D eigenvalue weighted by atomic mass is 16.6. The van der Waals surface area contributed by atoms with Crippen molar-refractivity contribution in [3.8, 4) is 0 Å². The van der Waals surface area contributed by atoms with E-state index in [9.17, 15) is 29.4 Å². The number of amides is 3. The van der Waals surface area contributed by atoms with Gasteiger partial charge in [-0.2, -0.15) is 0 Å². The zero-order valence-corrected chi connectivity index (χ0v) is 21.0. The molecule has 0 aliphatic heterocycles. The number of aliphatic carboxylic acids is 2. The van der Waals surface area contributed by atoms with E-state index >= 15 is 0 Å². The average molecular weight is 490 g/mol. The lowest BCUT2D eigenvalue weighted by Gasteiger charge is -2.42. The molecular weight excluding hydrogens is 454 g/mol. The van der Waals surface area contributed by atoms with Crippen LogP contribution in [0.5, 0.6) is 0 Å². The first kappa shape index (κ1) is 26.3. The average Bonchev–Trinajstić information content (AvgIpc) is 3.37. The molecule has 0 saturated heterocycles. The maximum atomic E-state index is 12.9. The number of carbonyl (C=O) groups excluding carboxylic acids is 2. The molecule has 3 rings (SSSR count). The lowest BCUT2D eigenvalue weighted by molar-refractivity contribution is -0.153. The predicted molar refractivity (Wildman–Crippen MR) is 128 cm³/mol. The normalized spacial score (nSPS) is 31.1. The molecule has 1 aromatic carbocycles. The molecule has 2 aliphatic rings. The van der Waals surface area contributed by atoms with E-state index < -0.39 is 64.4 Å². The molecule has 35 heavy (non-hydrogen) atoms. The van der Waals surface area contributed by atoms with Crippen molar-refractivity contribution in [2.45, 2.75) is 71.6 Å². The molecule has 10 heteroatoms.